The van der Waals surface area contributed by atoms with Crippen LogP contribution in [0.4, 0.5) is 0 Å². The van der Waals surface area contributed by atoms with Gasteiger partial charge in [0.15, 0.2) is 0 Å². The van der Waals surface area contributed by atoms with E-state index in [0.717, 1.165) is 32.8 Å². The molecule has 1 aromatic heterocycles. The number of hydrogen-bond donors (Lipinski definition) is 1. The van der Waals surface area contributed by atoms with Crippen molar-refractivity contribution in [2.24, 2.45) is 5.10 Å². The second kappa shape index (κ2) is 9.55. The Kier molecular flexibility index (Phi) is 5.99. The molecule has 1 amide bonds. The highest BCUT2D eigenvalue weighted by Crippen LogP contribution is 2.27. The predicted molar refractivity (Wildman–Crippen MR) is 136 cm³/mol. The zero-order valence-electron chi connectivity index (χ0n) is 18.7. The van der Waals surface area contributed by atoms with Gasteiger partial charge in [-0.25, -0.2) is 5.43 Å². The van der Waals surface area contributed by atoms with E-state index >= 15 is 0 Å². The first kappa shape index (κ1) is 21.3. The molecule has 166 valence electrons. The molecule has 0 aliphatic carbocycles. The van der Waals surface area contributed by atoms with Gasteiger partial charge >= 0.3 is 0 Å². The van der Waals surface area contributed by atoms with Crippen LogP contribution in [0.3, 0.4) is 0 Å². The molecule has 0 aliphatic heterocycles. The molecule has 5 nitrogen and oxygen atoms in total. The lowest BCUT2D eigenvalue weighted by molar-refractivity contribution is 0.0954. The van der Waals surface area contributed by atoms with Gasteiger partial charge in [0.25, 0.3) is 5.91 Å². The number of ether oxygens (including phenoxy) is 1. The second-order valence-electron chi connectivity index (χ2n) is 7.99. The maximum atomic E-state index is 12.9. The number of aromatic nitrogens is 1. The smallest absolute Gasteiger partial charge is 0.273 e. The lowest BCUT2D eigenvalue weighted by Crippen LogP contribution is -2.19. The molecule has 0 unspecified atom stereocenters. The zero-order chi connectivity index (χ0) is 23.3. The number of hydrogen-bond acceptors (Lipinski definition) is 4. The third kappa shape index (κ3) is 4.50. The predicted octanol–water partition coefficient (Wildman–Crippen LogP) is 6.04. The molecule has 0 bridgehead atoms. The monoisotopic (exact) mass is 445 g/mol. The standard InChI is InChI=1S/C29H23N3O2/c1-20-25(17-23-12-6-8-14-27(23)31-20)29(33)32-30-18-26-24-13-7-5-11-22(24)15-16-28(26)34-19-21-9-3-2-4-10-21/h2-18H,19H2,1H3,(H,32,33). The number of nitrogens with one attached hydrogen (secondary N) is 1. The molecular formula is C29H23N3O2. The number of carbonyl (C=O) groups is 1. The Morgan fingerprint density at radius 2 is 1.65 bits per heavy atom. The first-order chi connectivity index (χ1) is 16.7. The molecule has 0 saturated heterocycles. The Bertz CT molecular complexity index is 1510. The average Bonchev–Trinajstić information content (AvgIpc) is 2.88. The fraction of sp³-hybridized carbons (Fsp3) is 0.0690. The fourth-order valence-electron chi connectivity index (χ4n) is 3.93. The highest BCUT2D eigenvalue weighted by atomic mass is 16.5. The summed E-state index contributed by atoms with van der Waals surface area (Å²) in [5.41, 5.74) is 6.54. The Hall–Kier alpha value is -4.51. The van der Waals surface area contributed by atoms with Crippen LogP contribution in [0.25, 0.3) is 21.7 Å². The summed E-state index contributed by atoms with van der Waals surface area (Å²) >= 11 is 0. The molecule has 1 heterocycles. The molecule has 0 atom stereocenters. The number of pyridine rings is 1. The van der Waals surface area contributed by atoms with E-state index in [0.29, 0.717) is 23.6 Å². The molecule has 5 heteroatoms. The van der Waals surface area contributed by atoms with Gasteiger partial charge in [-0.1, -0.05) is 78.9 Å². The van der Waals surface area contributed by atoms with Crippen LogP contribution in [-0.2, 0) is 6.61 Å². The van der Waals surface area contributed by atoms with Gasteiger partial charge in [0.2, 0.25) is 0 Å². The lowest BCUT2D eigenvalue weighted by Gasteiger charge is -2.12. The minimum atomic E-state index is -0.306. The Labute approximate surface area is 197 Å². The van der Waals surface area contributed by atoms with Gasteiger partial charge in [0.1, 0.15) is 12.4 Å². The van der Waals surface area contributed by atoms with Crippen molar-refractivity contribution < 1.29 is 9.53 Å². The van der Waals surface area contributed by atoms with Crippen LogP contribution >= 0.6 is 0 Å². The number of hydrazone groups is 1. The molecular weight excluding hydrogens is 422 g/mol. The first-order valence-electron chi connectivity index (χ1n) is 11.1. The first-order valence-corrected chi connectivity index (χ1v) is 11.1. The highest BCUT2D eigenvalue weighted by Gasteiger charge is 2.12. The fourth-order valence-corrected chi connectivity index (χ4v) is 3.93. The van der Waals surface area contributed by atoms with Crippen LogP contribution in [0.1, 0.15) is 27.2 Å². The van der Waals surface area contributed by atoms with Crippen LogP contribution in [0.5, 0.6) is 5.75 Å². The van der Waals surface area contributed by atoms with Gasteiger partial charge < -0.3 is 4.74 Å². The minimum absolute atomic E-state index is 0.306. The number of nitrogens with zero attached hydrogens (tertiary/aromatic N) is 2. The number of benzene rings is 4. The second-order valence-corrected chi connectivity index (χ2v) is 7.99. The van der Waals surface area contributed by atoms with E-state index in [1.54, 1.807) is 6.21 Å². The summed E-state index contributed by atoms with van der Waals surface area (Å²) in [4.78, 5) is 17.4. The minimum Gasteiger partial charge on any atom is -0.488 e. The van der Waals surface area contributed by atoms with Crippen molar-refractivity contribution in [1.82, 2.24) is 10.4 Å². The van der Waals surface area contributed by atoms with E-state index in [1.807, 2.05) is 104 Å². The van der Waals surface area contributed by atoms with Gasteiger partial charge in [-0.15, -0.1) is 0 Å². The average molecular weight is 446 g/mol. The molecule has 5 rings (SSSR count). The van der Waals surface area contributed by atoms with Gasteiger partial charge in [-0.05, 0) is 41.5 Å². The maximum absolute atomic E-state index is 12.9. The number of rotatable bonds is 6. The topological polar surface area (TPSA) is 63.6 Å². The van der Waals surface area contributed by atoms with Crippen LogP contribution < -0.4 is 10.2 Å². The van der Waals surface area contributed by atoms with Crippen molar-refractivity contribution in [1.29, 1.82) is 0 Å². The van der Waals surface area contributed by atoms with Crippen LogP contribution in [0, 0.1) is 6.92 Å². The van der Waals surface area contributed by atoms with Gasteiger partial charge in [-0.2, -0.15) is 5.10 Å². The maximum Gasteiger partial charge on any atom is 0.273 e. The van der Waals surface area contributed by atoms with E-state index in [9.17, 15) is 4.79 Å². The van der Waals surface area contributed by atoms with Crippen molar-refractivity contribution in [3.8, 4) is 5.75 Å². The number of carbonyl (C=O) groups excluding carboxylic acids is 1. The summed E-state index contributed by atoms with van der Waals surface area (Å²) in [6.45, 7) is 2.26. The normalized spacial score (nSPS) is 11.2. The molecule has 0 saturated carbocycles. The number of para-hydroxylation sites is 1. The van der Waals surface area contributed by atoms with Crippen molar-refractivity contribution >= 4 is 33.8 Å². The quantitative estimate of drug-likeness (QED) is 0.256. The van der Waals surface area contributed by atoms with Crippen LogP contribution in [0.15, 0.2) is 102 Å². The summed E-state index contributed by atoms with van der Waals surface area (Å²) < 4.78 is 6.13. The van der Waals surface area contributed by atoms with Crippen molar-refractivity contribution in [2.45, 2.75) is 13.5 Å². The van der Waals surface area contributed by atoms with Crippen molar-refractivity contribution in [2.75, 3.05) is 0 Å². The summed E-state index contributed by atoms with van der Waals surface area (Å²) in [5, 5.41) is 7.24. The number of fused-ring (bicyclic) bond motifs is 2. The number of aryl methyl sites for hydroxylation is 1. The van der Waals surface area contributed by atoms with Gasteiger partial charge in [0, 0.05) is 10.9 Å². The summed E-state index contributed by atoms with van der Waals surface area (Å²) in [6.07, 6.45) is 1.64. The summed E-state index contributed by atoms with van der Waals surface area (Å²) in [5.74, 6) is 0.392. The lowest BCUT2D eigenvalue weighted by atomic mass is 10.0. The van der Waals surface area contributed by atoms with Crippen molar-refractivity contribution in [3.63, 3.8) is 0 Å². The molecule has 0 aliphatic rings. The highest BCUT2D eigenvalue weighted by molar-refractivity contribution is 6.03. The van der Waals surface area contributed by atoms with Crippen LogP contribution in [-0.4, -0.2) is 17.1 Å². The van der Waals surface area contributed by atoms with Gasteiger partial charge in [0.05, 0.1) is 23.0 Å². The van der Waals surface area contributed by atoms with Gasteiger partial charge in [-0.3, -0.25) is 9.78 Å². The molecule has 0 radical (unpaired) electrons. The summed E-state index contributed by atoms with van der Waals surface area (Å²) in [7, 11) is 0. The van der Waals surface area contributed by atoms with E-state index in [4.69, 9.17) is 4.74 Å². The Morgan fingerprint density at radius 1 is 0.912 bits per heavy atom. The molecule has 0 spiro atoms. The molecule has 0 fully saturated rings. The van der Waals surface area contributed by atoms with E-state index in [2.05, 4.69) is 15.5 Å². The van der Waals surface area contributed by atoms with E-state index in [1.165, 1.54) is 0 Å². The van der Waals surface area contributed by atoms with Crippen molar-refractivity contribution in [3.05, 3.63) is 119 Å². The third-order valence-electron chi connectivity index (χ3n) is 5.69. The zero-order valence-corrected chi connectivity index (χ0v) is 18.7. The SMILES string of the molecule is Cc1nc2ccccc2cc1C(=O)NN=Cc1c(OCc2ccccc2)ccc2ccccc12. The number of amides is 1. The summed E-state index contributed by atoms with van der Waals surface area (Å²) in [6, 6.07) is 31.6. The van der Waals surface area contributed by atoms with Crippen LogP contribution in [0.2, 0.25) is 0 Å². The molecule has 34 heavy (non-hydrogen) atoms. The Balaban J connectivity index is 1.41. The largest absolute Gasteiger partial charge is 0.488 e. The Morgan fingerprint density at radius 3 is 2.50 bits per heavy atom. The van der Waals surface area contributed by atoms with E-state index in [-0.39, 0.29) is 5.91 Å². The molecule has 5 aromatic rings. The third-order valence-corrected chi connectivity index (χ3v) is 5.69. The molecule has 1 N–H and O–H groups in total. The molecule has 4 aromatic carbocycles. The van der Waals surface area contributed by atoms with E-state index < -0.39 is 0 Å².